The molecule has 2 atom stereocenters. The first-order valence-corrected chi connectivity index (χ1v) is 5.06. The van der Waals surface area contributed by atoms with Crippen LogP contribution in [0.4, 0.5) is 0 Å². The molecular formula is C10H19NO5. The summed E-state index contributed by atoms with van der Waals surface area (Å²) in [7, 11) is 1.39. The number of methoxy groups -OCH3 is 1. The van der Waals surface area contributed by atoms with Crippen molar-refractivity contribution < 1.29 is 24.5 Å². The van der Waals surface area contributed by atoms with Gasteiger partial charge in [-0.05, 0) is 6.92 Å². The van der Waals surface area contributed by atoms with Gasteiger partial charge in [-0.15, -0.1) is 0 Å². The molecule has 0 rings (SSSR count). The zero-order chi connectivity index (χ0) is 12.7. The van der Waals surface area contributed by atoms with Crippen LogP contribution in [0.2, 0.25) is 0 Å². The fourth-order valence-electron chi connectivity index (χ4n) is 1.22. The van der Waals surface area contributed by atoms with E-state index in [2.05, 4.69) is 4.74 Å². The minimum Gasteiger partial charge on any atom is -0.481 e. The molecule has 0 aromatic carbocycles. The molecule has 1 amide bonds. The Kier molecular flexibility index (Phi) is 6.67. The summed E-state index contributed by atoms with van der Waals surface area (Å²) in [6.07, 6.45) is -0.693. The highest BCUT2D eigenvalue weighted by molar-refractivity contribution is 5.78. The number of aliphatic carboxylic acids is 1. The molecule has 0 aliphatic rings. The Morgan fingerprint density at radius 3 is 2.25 bits per heavy atom. The fourth-order valence-corrected chi connectivity index (χ4v) is 1.22. The van der Waals surface area contributed by atoms with Crippen molar-refractivity contribution in [2.75, 3.05) is 26.8 Å². The Bertz CT molecular complexity index is 241. The van der Waals surface area contributed by atoms with Crippen LogP contribution in [-0.2, 0) is 14.3 Å². The Morgan fingerprint density at radius 2 is 1.88 bits per heavy atom. The fraction of sp³-hybridized carbons (Fsp3) is 0.800. The van der Waals surface area contributed by atoms with Gasteiger partial charge >= 0.3 is 5.97 Å². The van der Waals surface area contributed by atoms with Gasteiger partial charge in [0.1, 0.15) is 6.61 Å². The second kappa shape index (κ2) is 7.19. The zero-order valence-corrected chi connectivity index (χ0v) is 9.84. The van der Waals surface area contributed by atoms with Crippen LogP contribution in [0.5, 0.6) is 0 Å². The summed E-state index contributed by atoms with van der Waals surface area (Å²) < 4.78 is 4.69. The van der Waals surface area contributed by atoms with E-state index in [4.69, 9.17) is 5.11 Å². The molecule has 0 aromatic rings. The summed E-state index contributed by atoms with van der Waals surface area (Å²) >= 11 is 0. The van der Waals surface area contributed by atoms with Crippen molar-refractivity contribution in [1.82, 2.24) is 4.90 Å². The van der Waals surface area contributed by atoms with E-state index in [-0.39, 0.29) is 25.6 Å². The van der Waals surface area contributed by atoms with Crippen molar-refractivity contribution >= 4 is 11.9 Å². The summed E-state index contributed by atoms with van der Waals surface area (Å²) in [5.41, 5.74) is 0. The molecule has 0 saturated carbocycles. The Balaban J connectivity index is 4.42. The molecule has 0 fully saturated rings. The van der Waals surface area contributed by atoms with Crippen LogP contribution < -0.4 is 0 Å². The number of aliphatic hydroxyl groups is 1. The van der Waals surface area contributed by atoms with Gasteiger partial charge in [0.05, 0.1) is 12.0 Å². The van der Waals surface area contributed by atoms with Crippen molar-refractivity contribution in [3.63, 3.8) is 0 Å². The van der Waals surface area contributed by atoms with Crippen molar-refractivity contribution in [1.29, 1.82) is 0 Å². The van der Waals surface area contributed by atoms with Crippen molar-refractivity contribution in [3.8, 4) is 0 Å². The quantitative estimate of drug-likeness (QED) is 0.622. The Morgan fingerprint density at radius 1 is 1.31 bits per heavy atom. The number of ether oxygens (including phenoxy) is 1. The average molecular weight is 233 g/mol. The van der Waals surface area contributed by atoms with E-state index in [9.17, 15) is 14.7 Å². The minimum atomic E-state index is -0.971. The highest BCUT2D eigenvalue weighted by atomic mass is 16.5. The van der Waals surface area contributed by atoms with E-state index in [1.807, 2.05) is 0 Å². The van der Waals surface area contributed by atoms with Crippen LogP contribution in [-0.4, -0.2) is 59.9 Å². The van der Waals surface area contributed by atoms with E-state index in [0.29, 0.717) is 0 Å². The minimum absolute atomic E-state index is 0.0719. The van der Waals surface area contributed by atoms with Gasteiger partial charge in [0.15, 0.2) is 0 Å². The second-order valence-electron chi connectivity index (χ2n) is 3.82. The first kappa shape index (κ1) is 14.9. The first-order chi connectivity index (χ1) is 7.38. The summed E-state index contributed by atoms with van der Waals surface area (Å²) in [5.74, 6) is -1.96. The van der Waals surface area contributed by atoms with Gasteiger partial charge in [-0.25, -0.2) is 0 Å². The van der Waals surface area contributed by atoms with Crippen LogP contribution in [0.15, 0.2) is 0 Å². The number of nitrogens with zero attached hydrogens (tertiary/aromatic N) is 1. The molecule has 0 aliphatic heterocycles. The molecule has 16 heavy (non-hydrogen) atoms. The van der Waals surface area contributed by atoms with Crippen LogP contribution >= 0.6 is 0 Å². The molecule has 0 spiro atoms. The van der Waals surface area contributed by atoms with Gasteiger partial charge in [-0.3, -0.25) is 9.59 Å². The summed E-state index contributed by atoms with van der Waals surface area (Å²) in [6, 6.07) is 0. The summed E-state index contributed by atoms with van der Waals surface area (Å²) in [5, 5.41) is 18.0. The maximum absolute atomic E-state index is 11.5. The number of carbonyl (C=O) groups excluding carboxylic acids is 1. The molecule has 2 N–H and O–H groups in total. The number of aliphatic hydroxyl groups excluding tert-OH is 1. The lowest BCUT2D eigenvalue weighted by Gasteiger charge is -2.25. The molecule has 0 saturated heterocycles. The molecule has 0 radical (unpaired) electrons. The van der Waals surface area contributed by atoms with Crippen LogP contribution in [0.25, 0.3) is 0 Å². The molecule has 6 nitrogen and oxygen atoms in total. The SMILES string of the molecule is COCC(=O)N(CC(C)O)CC(C)C(=O)O. The van der Waals surface area contributed by atoms with Gasteiger partial charge in [-0.2, -0.15) is 0 Å². The standard InChI is InChI=1S/C10H19NO5/c1-7(10(14)15)4-11(5-8(2)12)9(13)6-16-3/h7-8,12H,4-6H2,1-3H3,(H,14,15). The van der Waals surface area contributed by atoms with E-state index >= 15 is 0 Å². The maximum atomic E-state index is 11.5. The van der Waals surface area contributed by atoms with Gasteiger partial charge in [0.2, 0.25) is 5.91 Å². The molecule has 6 heteroatoms. The monoisotopic (exact) mass is 233 g/mol. The molecular weight excluding hydrogens is 214 g/mol. The van der Waals surface area contributed by atoms with E-state index < -0.39 is 18.0 Å². The van der Waals surface area contributed by atoms with Crippen LogP contribution in [0, 0.1) is 5.92 Å². The lowest BCUT2D eigenvalue weighted by molar-refractivity contribution is -0.144. The summed E-state index contributed by atoms with van der Waals surface area (Å²) in [6.45, 7) is 3.12. The third-order valence-electron chi connectivity index (χ3n) is 2.02. The van der Waals surface area contributed by atoms with Crippen LogP contribution in [0.1, 0.15) is 13.8 Å². The summed E-state index contributed by atoms with van der Waals surface area (Å²) in [4.78, 5) is 23.5. The predicted octanol–water partition coefficient (Wildman–Crippen LogP) is -0.437. The van der Waals surface area contributed by atoms with Crippen LogP contribution in [0.3, 0.4) is 0 Å². The van der Waals surface area contributed by atoms with Gasteiger partial charge in [0, 0.05) is 20.2 Å². The first-order valence-electron chi connectivity index (χ1n) is 5.06. The third kappa shape index (κ3) is 5.67. The topological polar surface area (TPSA) is 87.1 Å². The van der Waals surface area contributed by atoms with E-state index in [1.54, 1.807) is 6.92 Å². The lowest BCUT2D eigenvalue weighted by Crippen LogP contribution is -2.42. The number of carbonyl (C=O) groups is 2. The number of hydrogen-bond donors (Lipinski definition) is 2. The highest BCUT2D eigenvalue weighted by Gasteiger charge is 2.21. The van der Waals surface area contributed by atoms with Gasteiger partial charge in [-0.1, -0.05) is 6.92 Å². The Labute approximate surface area is 94.8 Å². The predicted molar refractivity (Wildman–Crippen MR) is 56.9 cm³/mol. The highest BCUT2D eigenvalue weighted by Crippen LogP contribution is 2.02. The smallest absolute Gasteiger partial charge is 0.308 e. The average Bonchev–Trinajstić information content (AvgIpc) is 2.16. The van der Waals surface area contributed by atoms with Crippen molar-refractivity contribution in [2.24, 2.45) is 5.92 Å². The Hall–Kier alpha value is -1.14. The third-order valence-corrected chi connectivity index (χ3v) is 2.02. The number of rotatable bonds is 7. The number of hydrogen-bond acceptors (Lipinski definition) is 4. The van der Waals surface area contributed by atoms with E-state index in [0.717, 1.165) is 0 Å². The molecule has 0 bridgehead atoms. The lowest BCUT2D eigenvalue weighted by atomic mass is 10.1. The maximum Gasteiger partial charge on any atom is 0.308 e. The second-order valence-corrected chi connectivity index (χ2v) is 3.82. The zero-order valence-electron chi connectivity index (χ0n) is 9.84. The normalized spacial score (nSPS) is 14.2. The molecule has 0 aliphatic carbocycles. The number of carboxylic acids is 1. The molecule has 0 heterocycles. The molecule has 2 unspecified atom stereocenters. The van der Waals surface area contributed by atoms with Crippen molar-refractivity contribution in [2.45, 2.75) is 20.0 Å². The van der Waals surface area contributed by atoms with Gasteiger partial charge < -0.3 is 19.8 Å². The molecule has 94 valence electrons. The van der Waals surface area contributed by atoms with Gasteiger partial charge in [0.25, 0.3) is 0 Å². The van der Waals surface area contributed by atoms with Crippen molar-refractivity contribution in [3.05, 3.63) is 0 Å². The largest absolute Gasteiger partial charge is 0.481 e. The molecule has 0 aromatic heterocycles. The number of amides is 1. The number of carboxylic acid groups (broad SMARTS) is 1. The van der Waals surface area contributed by atoms with E-state index in [1.165, 1.54) is 18.9 Å².